The predicted octanol–water partition coefficient (Wildman–Crippen LogP) is 4.12. The fourth-order valence-electron chi connectivity index (χ4n) is 2.46. The van der Waals surface area contributed by atoms with Crippen molar-refractivity contribution in [3.8, 4) is 10.4 Å². The second kappa shape index (κ2) is 6.91. The molecule has 1 aromatic carbocycles. The van der Waals surface area contributed by atoms with Crippen molar-refractivity contribution in [2.75, 3.05) is 5.75 Å². The Kier molecular flexibility index (Phi) is 4.49. The Morgan fingerprint density at radius 3 is 2.88 bits per heavy atom. The molecule has 6 heteroatoms. The van der Waals surface area contributed by atoms with Crippen molar-refractivity contribution in [2.45, 2.75) is 30.3 Å². The highest BCUT2D eigenvalue weighted by atomic mass is 32.2. The molecule has 0 radical (unpaired) electrons. The molecule has 0 unspecified atom stereocenters. The molecule has 0 saturated heterocycles. The maximum Gasteiger partial charge on any atom is 0.221 e. The Labute approximate surface area is 148 Å². The lowest BCUT2D eigenvalue weighted by molar-refractivity contribution is -0.120. The molecule has 3 aromatic rings. The Bertz CT molecular complexity index is 859. The average Bonchev–Trinajstić information content (AvgIpc) is 3.30. The third-order valence-corrected chi connectivity index (χ3v) is 5.96. The van der Waals surface area contributed by atoms with Gasteiger partial charge in [0.25, 0.3) is 0 Å². The van der Waals surface area contributed by atoms with Crippen LogP contribution in [-0.2, 0) is 4.79 Å². The van der Waals surface area contributed by atoms with Gasteiger partial charge in [-0.15, -0.1) is 23.1 Å². The van der Waals surface area contributed by atoms with Crippen LogP contribution in [-0.4, -0.2) is 27.7 Å². The first-order valence-electron chi connectivity index (χ1n) is 8.02. The topological polar surface area (TPSA) is 54.9 Å². The number of carbonyl (C=O) groups excluding carboxylic acids is 1. The van der Waals surface area contributed by atoms with Gasteiger partial charge in [0.1, 0.15) is 16.2 Å². The number of benzene rings is 1. The number of nitrogens with zero attached hydrogens (tertiary/aromatic N) is 2. The number of thioether (sulfide) groups is 1. The van der Waals surface area contributed by atoms with E-state index in [4.69, 9.17) is 0 Å². The van der Waals surface area contributed by atoms with Crippen LogP contribution in [0.5, 0.6) is 0 Å². The average molecular weight is 355 g/mol. The van der Waals surface area contributed by atoms with E-state index in [1.54, 1.807) is 29.4 Å². The zero-order valence-electron chi connectivity index (χ0n) is 13.1. The van der Waals surface area contributed by atoms with Gasteiger partial charge < -0.3 is 5.32 Å². The molecule has 4 nitrogen and oxygen atoms in total. The standard InChI is InChI=1S/C18H17N3OS2/c22-16(21-13-6-7-13)8-9-23-17-14-10-15(12-4-2-1-3-5-12)24-18(14)20-11-19-17/h1-5,10-11,13H,6-9H2,(H,21,22). The zero-order chi connectivity index (χ0) is 16.4. The molecular formula is C18H17N3OS2. The minimum absolute atomic E-state index is 0.144. The minimum atomic E-state index is 0.144. The van der Waals surface area contributed by atoms with Crippen LogP contribution in [0.25, 0.3) is 20.7 Å². The Hall–Kier alpha value is -1.92. The van der Waals surface area contributed by atoms with Crippen molar-refractivity contribution in [3.63, 3.8) is 0 Å². The van der Waals surface area contributed by atoms with E-state index in [0.29, 0.717) is 12.5 Å². The highest BCUT2D eigenvalue weighted by Crippen LogP contribution is 2.36. The van der Waals surface area contributed by atoms with E-state index in [0.717, 1.165) is 33.8 Å². The first kappa shape index (κ1) is 15.6. The molecule has 0 spiro atoms. The molecular weight excluding hydrogens is 338 g/mol. The summed E-state index contributed by atoms with van der Waals surface area (Å²) < 4.78 is 0. The van der Waals surface area contributed by atoms with E-state index in [1.807, 2.05) is 18.2 Å². The fourth-order valence-corrected chi connectivity index (χ4v) is 4.44. The first-order valence-corrected chi connectivity index (χ1v) is 9.82. The summed E-state index contributed by atoms with van der Waals surface area (Å²) in [5.74, 6) is 0.881. The van der Waals surface area contributed by atoms with Gasteiger partial charge in [-0.2, -0.15) is 0 Å². The van der Waals surface area contributed by atoms with Gasteiger partial charge in [0.05, 0.1) is 0 Å². The summed E-state index contributed by atoms with van der Waals surface area (Å²) in [7, 11) is 0. The number of aromatic nitrogens is 2. The number of fused-ring (bicyclic) bond motifs is 1. The second-order valence-electron chi connectivity index (χ2n) is 5.81. The van der Waals surface area contributed by atoms with Crippen LogP contribution in [0.4, 0.5) is 0 Å². The monoisotopic (exact) mass is 355 g/mol. The molecule has 1 fully saturated rings. The van der Waals surface area contributed by atoms with Crippen LogP contribution in [0.1, 0.15) is 19.3 Å². The summed E-state index contributed by atoms with van der Waals surface area (Å²) in [6, 6.07) is 12.9. The lowest BCUT2D eigenvalue weighted by Crippen LogP contribution is -2.25. The van der Waals surface area contributed by atoms with E-state index < -0.39 is 0 Å². The molecule has 1 aliphatic carbocycles. The van der Waals surface area contributed by atoms with Gasteiger partial charge in [-0.25, -0.2) is 9.97 Å². The number of nitrogens with one attached hydrogen (secondary N) is 1. The van der Waals surface area contributed by atoms with E-state index in [-0.39, 0.29) is 5.91 Å². The third kappa shape index (κ3) is 3.60. The lowest BCUT2D eigenvalue weighted by Gasteiger charge is -2.03. The minimum Gasteiger partial charge on any atom is -0.353 e. The van der Waals surface area contributed by atoms with Gasteiger partial charge in [0.2, 0.25) is 5.91 Å². The molecule has 122 valence electrons. The maximum absolute atomic E-state index is 11.8. The molecule has 1 aliphatic rings. The Balaban J connectivity index is 1.48. The van der Waals surface area contributed by atoms with Crippen molar-refractivity contribution in [1.82, 2.24) is 15.3 Å². The summed E-state index contributed by atoms with van der Waals surface area (Å²) in [5, 5.41) is 5.05. The lowest BCUT2D eigenvalue weighted by atomic mass is 10.2. The van der Waals surface area contributed by atoms with Gasteiger partial charge in [0.15, 0.2) is 0 Å². The molecule has 24 heavy (non-hydrogen) atoms. The number of carbonyl (C=O) groups is 1. The van der Waals surface area contributed by atoms with Gasteiger partial charge >= 0.3 is 0 Å². The quantitative estimate of drug-likeness (QED) is 0.534. The normalized spacial score (nSPS) is 14.0. The van der Waals surface area contributed by atoms with Gasteiger partial charge in [0, 0.05) is 28.5 Å². The van der Waals surface area contributed by atoms with Crippen molar-refractivity contribution in [2.24, 2.45) is 0 Å². The van der Waals surface area contributed by atoms with Crippen molar-refractivity contribution < 1.29 is 4.79 Å². The smallest absolute Gasteiger partial charge is 0.221 e. The van der Waals surface area contributed by atoms with Gasteiger partial charge in [-0.1, -0.05) is 30.3 Å². The van der Waals surface area contributed by atoms with Crippen LogP contribution in [0.15, 0.2) is 47.8 Å². The molecule has 1 N–H and O–H groups in total. The van der Waals surface area contributed by atoms with Crippen molar-refractivity contribution >= 4 is 39.2 Å². The summed E-state index contributed by atoms with van der Waals surface area (Å²) in [5.41, 5.74) is 1.19. The van der Waals surface area contributed by atoms with Crippen LogP contribution in [0.3, 0.4) is 0 Å². The molecule has 1 amide bonds. The maximum atomic E-state index is 11.8. The highest BCUT2D eigenvalue weighted by molar-refractivity contribution is 7.99. The zero-order valence-corrected chi connectivity index (χ0v) is 14.7. The molecule has 1 saturated carbocycles. The number of thiophene rings is 1. The van der Waals surface area contributed by atoms with Crippen LogP contribution >= 0.6 is 23.1 Å². The fraction of sp³-hybridized carbons (Fsp3) is 0.278. The number of amides is 1. The molecule has 2 heterocycles. The predicted molar refractivity (Wildman–Crippen MR) is 99.4 cm³/mol. The summed E-state index contributed by atoms with van der Waals surface area (Å²) >= 11 is 3.31. The number of hydrogen-bond acceptors (Lipinski definition) is 5. The summed E-state index contributed by atoms with van der Waals surface area (Å²) in [6.07, 6.45) is 4.40. The molecule has 2 aromatic heterocycles. The Morgan fingerprint density at radius 1 is 1.25 bits per heavy atom. The van der Waals surface area contributed by atoms with Crippen LogP contribution < -0.4 is 5.32 Å². The highest BCUT2D eigenvalue weighted by Gasteiger charge is 2.22. The van der Waals surface area contributed by atoms with E-state index in [2.05, 4.69) is 33.5 Å². The molecule has 4 rings (SSSR count). The van der Waals surface area contributed by atoms with Crippen molar-refractivity contribution in [3.05, 3.63) is 42.7 Å². The molecule has 0 bridgehead atoms. The summed E-state index contributed by atoms with van der Waals surface area (Å²) in [6.45, 7) is 0. The Morgan fingerprint density at radius 2 is 2.08 bits per heavy atom. The number of hydrogen-bond donors (Lipinski definition) is 1. The summed E-state index contributed by atoms with van der Waals surface area (Å²) in [4.78, 5) is 22.8. The van der Waals surface area contributed by atoms with Crippen LogP contribution in [0, 0.1) is 0 Å². The largest absolute Gasteiger partial charge is 0.353 e. The first-order chi connectivity index (χ1) is 11.8. The second-order valence-corrected chi connectivity index (χ2v) is 7.93. The van der Waals surface area contributed by atoms with Crippen molar-refractivity contribution in [1.29, 1.82) is 0 Å². The molecule has 0 atom stereocenters. The van der Waals surface area contributed by atoms with Gasteiger partial charge in [-0.3, -0.25) is 4.79 Å². The van der Waals surface area contributed by atoms with Crippen LogP contribution in [0.2, 0.25) is 0 Å². The third-order valence-electron chi connectivity index (χ3n) is 3.86. The van der Waals surface area contributed by atoms with E-state index in [1.165, 1.54) is 10.4 Å². The van der Waals surface area contributed by atoms with Gasteiger partial charge in [-0.05, 0) is 24.5 Å². The van der Waals surface area contributed by atoms with E-state index in [9.17, 15) is 4.79 Å². The molecule has 0 aliphatic heterocycles. The number of rotatable bonds is 6. The SMILES string of the molecule is O=C(CCSc1ncnc2sc(-c3ccccc3)cc12)NC1CC1. The van der Waals surface area contributed by atoms with E-state index >= 15 is 0 Å².